The molecule has 1 aromatic heterocycles. The number of hydrogen-bond acceptors (Lipinski definition) is 5. The zero-order valence-corrected chi connectivity index (χ0v) is 13.6. The number of nitrogens with zero attached hydrogens (tertiary/aromatic N) is 3. The van der Waals surface area contributed by atoms with E-state index in [0.29, 0.717) is 24.2 Å². The number of hydrogen-bond donors (Lipinski definition) is 2. The quantitative estimate of drug-likeness (QED) is 0.559. The van der Waals surface area contributed by atoms with E-state index in [2.05, 4.69) is 39.6 Å². The van der Waals surface area contributed by atoms with Crippen LogP contribution in [0.5, 0.6) is 0 Å². The van der Waals surface area contributed by atoms with Crippen LogP contribution in [-0.2, 0) is 11.3 Å². The van der Waals surface area contributed by atoms with Crippen molar-refractivity contribution in [3.8, 4) is 0 Å². The molecule has 120 valence electrons. The predicted molar refractivity (Wildman–Crippen MR) is 82.1 cm³/mol. The Morgan fingerprint density at radius 1 is 1.38 bits per heavy atom. The summed E-state index contributed by atoms with van der Waals surface area (Å²) in [5.41, 5.74) is 0. The van der Waals surface area contributed by atoms with Crippen LogP contribution >= 0.6 is 0 Å². The lowest BCUT2D eigenvalue weighted by molar-refractivity contribution is 0.0258. The van der Waals surface area contributed by atoms with Gasteiger partial charge in [-0.25, -0.2) is 0 Å². The number of rotatable bonds is 8. The highest BCUT2D eigenvalue weighted by Crippen LogP contribution is 2.09. The molecule has 0 aliphatic rings. The fraction of sp³-hybridized carbons (Fsp3) is 0.786. The summed E-state index contributed by atoms with van der Waals surface area (Å²) in [6.07, 6.45) is 1.20. The van der Waals surface area contributed by atoms with E-state index in [1.165, 1.54) is 0 Å². The molecule has 0 fully saturated rings. The number of nitrogens with one attached hydrogen (secondary N) is 2. The summed E-state index contributed by atoms with van der Waals surface area (Å²) in [6.45, 7) is 10.2. The van der Waals surface area contributed by atoms with Crippen LogP contribution in [0, 0.1) is 12.8 Å². The molecule has 0 saturated carbocycles. The summed E-state index contributed by atoms with van der Waals surface area (Å²) >= 11 is 0. The van der Waals surface area contributed by atoms with Crippen LogP contribution in [-0.4, -0.2) is 42.4 Å². The summed E-state index contributed by atoms with van der Waals surface area (Å²) in [5, 5.41) is 10.2. The minimum Gasteiger partial charge on any atom is -0.378 e. The largest absolute Gasteiger partial charge is 0.378 e. The van der Waals surface area contributed by atoms with E-state index in [0.717, 1.165) is 25.5 Å². The second kappa shape index (κ2) is 9.33. The van der Waals surface area contributed by atoms with Gasteiger partial charge in [0.05, 0.1) is 12.6 Å². The Labute approximate surface area is 126 Å². The van der Waals surface area contributed by atoms with Crippen LogP contribution in [0.25, 0.3) is 0 Å². The van der Waals surface area contributed by atoms with Crippen molar-refractivity contribution >= 4 is 5.96 Å². The second-order valence-corrected chi connectivity index (χ2v) is 5.11. The van der Waals surface area contributed by atoms with E-state index in [4.69, 9.17) is 9.26 Å². The van der Waals surface area contributed by atoms with E-state index in [1.54, 1.807) is 14.0 Å². The topological polar surface area (TPSA) is 84.6 Å². The number of aliphatic imine (C=N–C) groups is 1. The molecule has 0 radical (unpaired) electrons. The Bertz CT molecular complexity index is 431. The predicted octanol–water partition coefficient (Wildman–Crippen LogP) is 1.49. The van der Waals surface area contributed by atoms with E-state index in [-0.39, 0.29) is 6.10 Å². The molecule has 0 bridgehead atoms. The first kappa shape index (κ1) is 17.4. The Morgan fingerprint density at radius 2 is 2.14 bits per heavy atom. The second-order valence-electron chi connectivity index (χ2n) is 5.11. The van der Waals surface area contributed by atoms with Gasteiger partial charge in [-0.2, -0.15) is 4.98 Å². The summed E-state index contributed by atoms with van der Waals surface area (Å²) < 4.78 is 10.6. The molecule has 1 heterocycles. The molecule has 1 atom stereocenters. The smallest absolute Gasteiger partial charge is 0.223 e. The molecule has 0 aliphatic carbocycles. The maximum Gasteiger partial charge on any atom is 0.223 e. The molecular weight excluding hydrogens is 270 g/mol. The van der Waals surface area contributed by atoms with Crippen molar-refractivity contribution in [3.63, 3.8) is 0 Å². The standard InChI is InChI=1S/C14H27N5O2/c1-6-20-12(10(2)3)7-8-16-14(15-5)17-9-13-18-11(4)21-19-13/h10,12H,6-9H2,1-5H3,(H2,15,16,17). The molecule has 0 amide bonds. The van der Waals surface area contributed by atoms with Gasteiger partial charge in [0, 0.05) is 27.1 Å². The lowest BCUT2D eigenvalue weighted by Gasteiger charge is -2.21. The number of aryl methyl sites for hydroxylation is 1. The van der Waals surface area contributed by atoms with Crippen molar-refractivity contribution in [3.05, 3.63) is 11.7 Å². The number of guanidine groups is 1. The molecule has 1 aromatic rings. The van der Waals surface area contributed by atoms with Gasteiger partial charge in [-0.1, -0.05) is 19.0 Å². The lowest BCUT2D eigenvalue weighted by atomic mass is 10.0. The van der Waals surface area contributed by atoms with Gasteiger partial charge in [0.25, 0.3) is 0 Å². The zero-order valence-electron chi connectivity index (χ0n) is 13.6. The van der Waals surface area contributed by atoms with Crippen molar-refractivity contribution in [2.24, 2.45) is 10.9 Å². The average Bonchev–Trinajstić information content (AvgIpc) is 2.86. The van der Waals surface area contributed by atoms with Gasteiger partial charge in [-0.3, -0.25) is 4.99 Å². The molecule has 0 saturated heterocycles. The summed E-state index contributed by atoms with van der Waals surface area (Å²) in [7, 11) is 1.74. The first-order valence-corrected chi connectivity index (χ1v) is 7.42. The molecule has 0 spiro atoms. The van der Waals surface area contributed by atoms with Gasteiger partial charge in [0.1, 0.15) is 0 Å². The fourth-order valence-corrected chi connectivity index (χ4v) is 1.95. The average molecular weight is 297 g/mol. The number of ether oxygens (including phenoxy) is 1. The SMILES string of the molecule is CCOC(CCNC(=NC)NCc1noc(C)n1)C(C)C. The van der Waals surface area contributed by atoms with Crippen LogP contribution in [0.2, 0.25) is 0 Å². The molecule has 0 aliphatic heterocycles. The Morgan fingerprint density at radius 3 is 2.67 bits per heavy atom. The summed E-state index contributed by atoms with van der Waals surface area (Å²) in [4.78, 5) is 8.29. The van der Waals surface area contributed by atoms with Gasteiger partial charge in [0.15, 0.2) is 11.8 Å². The van der Waals surface area contributed by atoms with Crippen LogP contribution in [0.1, 0.15) is 38.9 Å². The van der Waals surface area contributed by atoms with E-state index in [9.17, 15) is 0 Å². The summed E-state index contributed by atoms with van der Waals surface area (Å²) in [5.74, 6) is 2.40. The van der Waals surface area contributed by atoms with Crippen LogP contribution in [0.3, 0.4) is 0 Å². The van der Waals surface area contributed by atoms with Gasteiger partial charge in [-0.05, 0) is 19.3 Å². The van der Waals surface area contributed by atoms with Gasteiger partial charge < -0.3 is 19.9 Å². The monoisotopic (exact) mass is 297 g/mol. The molecule has 7 nitrogen and oxygen atoms in total. The molecule has 0 aromatic carbocycles. The Kier molecular flexibility index (Phi) is 7.74. The van der Waals surface area contributed by atoms with Crippen molar-refractivity contribution in [2.75, 3.05) is 20.2 Å². The molecule has 1 unspecified atom stereocenters. The highest BCUT2D eigenvalue weighted by atomic mass is 16.5. The maximum absolute atomic E-state index is 5.72. The van der Waals surface area contributed by atoms with Gasteiger partial charge >= 0.3 is 0 Å². The first-order chi connectivity index (χ1) is 10.1. The molecule has 2 N–H and O–H groups in total. The van der Waals surface area contributed by atoms with Crippen LogP contribution in [0.4, 0.5) is 0 Å². The van der Waals surface area contributed by atoms with E-state index < -0.39 is 0 Å². The first-order valence-electron chi connectivity index (χ1n) is 7.42. The van der Waals surface area contributed by atoms with Crippen LogP contribution < -0.4 is 10.6 Å². The van der Waals surface area contributed by atoms with Gasteiger partial charge in [0.2, 0.25) is 5.89 Å². The van der Waals surface area contributed by atoms with Crippen LogP contribution in [0.15, 0.2) is 9.52 Å². The lowest BCUT2D eigenvalue weighted by Crippen LogP contribution is -2.39. The highest BCUT2D eigenvalue weighted by Gasteiger charge is 2.13. The molecule has 1 rings (SSSR count). The van der Waals surface area contributed by atoms with Crippen molar-refractivity contribution in [1.29, 1.82) is 0 Å². The normalized spacial score (nSPS) is 13.5. The van der Waals surface area contributed by atoms with Crippen molar-refractivity contribution in [2.45, 2.75) is 46.8 Å². The van der Waals surface area contributed by atoms with Crippen molar-refractivity contribution in [1.82, 2.24) is 20.8 Å². The van der Waals surface area contributed by atoms with Gasteiger partial charge in [-0.15, -0.1) is 0 Å². The molecular formula is C14H27N5O2. The summed E-state index contributed by atoms with van der Waals surface area (Å²) in [6, 6.07) is 0. The Balaban J connectivity index is 2.31. The zero-order chi connectivity index (χ0) is 15.7. The van der Waals surface area contributed by atoms with Crippen molar-refractivity contribution < 1.29 is 9.26 Å². The third-order valence-electron chi connectivity index (χ3n) is 3.05. The highest BCUT2D eigenvalue weighted by molar-refractivity contribution is 5.79. The molecule has 21 heavy (non-hydrogen) atoms. The minimum absolute atomic E-state index is 0.264. The third-order valence-corrected chi connectivity index (χ3v) is 3.05. The number of aromatic nitrogens is 2. The third kappa shape index (κ3) is 6.57. The molecule has 7 heteroatoms. The Hall–Kier alpha value is -1.63. The maximum atomic E-state index is 5.72. The van der Waals surface area contributed by atoms with E-state index in [1.807, 2.05) is 6.92 Å². The fourth-order valence-electron chi connectivity index (χ4n) is 1.95. The van der Waals surface area contributed by atoms with E-state index >= 15 is 0 Å². The minimum atomic E-state index is 0.264.